The summed E-state index contributed by atoms with van der Waals surface area (Å²) in [5.74, 6) is -0.0498. The van der Waals surface area contributed by atoms with E-state index in [4.69, 9.17) is 21.3 Å². The standard InChI is InChI=1S/C16H22N2O2/c1-11(14-7-5-4-6-8-14)9-15(13(3)17)12(2)10-20-16(18)19/h4-9,12,16,19H,1,3,10,17-18H2,2H3/b15-9-. The van der Waals surface area contributed by atoms with Gasteiger partial charge in [-0.05, 0) is 22.8 Å². The van der Waals surface area contributed by atoms with Crippen LogP contribution in [0.2, 0.25) is 0 Å². The zero-order chi connectivity index (χ0) is 15.1. The van der Waals surface area contributed by atoms with Crippen molar-refractivity contribution in [2.75, 3.05) is 6.61 Å². The normalized spacial score (nSPS) is 14.7. The fraction of sp³-hybridized carbons (Fsp3) is 0.250. The highest BCUT2D eigenvalue weighted by Gasteiger charge is 2.12. The first-order chi connectivity index (χ1) is 9.41. The lowest BCUT2D eigenvalue weighted by Gasteiger charge is -2.18. The molecule has 0 spiro atoms. The molecule has 1 aromatic rings. The van der Waals surface area contributed by atoms with Crippen LogP contribution in [0, 0.1) is 5.92 Å². The minimum Gasteiger partial charge on any atom is -0.399 e. The predicted molar refractivity (Wildman–Crippen MR) is 82.2 cm³/mol. The Hall–Kier alpha value is -1.88. The summed E-state index contributed by atoms with van der Waals surface area (Å²) in [5.41, 5.74) is 14.1. The van der Waals surface area contributed by atoms with E-state index in [9.17, 15) is 0 Å². The number of aliphatic hydroxyl groups excluding tert-OH is 1. The number of aliphatic hydroxyl groups is 1. The number of nitrogens with two attached hydrogens (primary N) is 2. The summed E-state index contributed by atoms with van der Waals surface area (Å²) >= 11 is 0. The maximum atomic E-state index is 8.95. The largest absolute Gasteiger partial charge is 0.399 e. The van der Waals surface area contributed by atoms with Crippen LogP contribution in [0.4, 0.5) is 0 Å². The SMILES string of the molecule is C=C(N)/C(=C\C(=C)c1ccccc1)C(C)COC(N)O. The molecule has 1 rings (SSSR count). The van der Waals surface area contributed by atoms with E-state index < -0.39 is 6.41 Å². The van der Waals surface area contributed by atoms with Crippen molar-refractivity contribution < 1.29 is 9.84 Å². The molecule has 0 amide bonds. The molecule has 2 atom stereocenters. The number of benzene rings is 1. The van der Waals surface area contributed by atoms with Crippen molar-refractivity contribution in [3.05, 3.63) is 66.4 Å². The second-order valence-electron chi connectivity index (χ2n) is 4.64. The molecule has 0 saturated carbocycles. The second kappa shape index (κ2) is 7.65. The summed E-state index contributed by atoms with van der Waals surface area (Å²) in [5, 5.41) is 8.95. The molecule has 1 aromatic carbocycles. The smallest absolute Gasteiger partial charge is 0.210 e. The fourth-order valence-electron chi connectivity index (χ4n) is 1.81. The van der Waals surface area contributed by atoms with Crippen molar-refractivity contribution in [1.82, 2.24) is 0 Å². The average Bonchev–Trinajstić information content (AvgIpc) is 2.42. The first-order valence-corrected chi connectivity index (χ1v) is 6.37. The summed E-state index contributed by atoms with van der Waals surface area (Å²) in [4.78, 5) is 0. The summed E-state index contributed by atoms with van der Waals surface area (Å²) < 4.78 is 4.99. The van der Waals surface area contributed by atoms with Gasteiger partial charge in [0.2, 0.25) is 6.41 Å². The molecule has 0 aliphatic carbocycles. The summed E-state index contributed by atoms with van der Waals surface area (Å²) in [6, 6.07) is 9.79. The van der Waals surface area contributed by atoms with Crippen molar-refractivity contribution in [2.45, 2.75) is 13.3 Å². The Morgan fingerprint density at radius 3 is 2.45 bits per heavy atom. The molecule has 0 fully saturated rings. The first kappa shape index (κ1) is 16.2. The molecule has 0 bridgehead atoms. The predicted octanol–water partition coefficient (Wildman–Crippen LogP) is 1.99. The van der Waals surface area contributed by atoms with Gasteiger partial charge in [0, 0.05) is 11.6 Å². The summed E-state index contributed by atoms with van der Waals surface area (Å²) in [6.45, 7) is 9.98. The van der Waals surface area contributed by atoms with Gasteiger partial charge < -0.3 is 15.6 Å². The number of ether oxygens (including phenoxy) is 1. The molecule has 2 unspecified atom stereocenters. The lowest BCUT2D eigenvalue weighted by atomic mass is 9.95. The van der Waals surface area contributed by atoms with Gasteiger partial charge in [0.15, 0.2) is 0 Å². The number of rotatable bonds is 7. The summed E-state index contributed by atoms with van der Waals surface area (Å²) in [7, 11) is 0. The monoisotopic (exact) mass is 274 g/mol. The topological polar surface area (TPSA) is 81.5 Å². The van der Waals surface area contributed by atoms with Crippen LogP contribution in [-0.2, 0) is 4.74 Å². The summed E-state index contributed by atoms with van der Waals surface area (Å²) in [6.07, 6.45) is 0.594. The minimum atomic E-state index is -1.29. The molecule has 4 heteroatoms. The van der Waals surface area contributed by atoms with Crippen molar-refractivity contribution in [3.8, 4) is 0 Å². The van der Waals surface area contributed by atoms with Crippen LogP contribution in [-0.4, -0.2) is 18.1 Å². The number of allylic oxidation sites excluding steroid dienone is 3. The van der Waals surface area contributed by atoms with Gasteiger partial charge in [-0.25, -0.2) is 0 Å². The van der Waals surface area contributed by atoms with Gasteiger partial charge in [0.1, 0.15) is 0 Å². The molecular weight excluding hydrogens is 252 g/mol. The lowest BCUT2D eigenvalue weighted by molar-refractivity contribution is -0.100. The minimum absolute atomic E-state index is 0.0498. The molecule has 4 nitrogen and oxygen atoms in total. The quantitative estimate of drug-likeness (QED) is 0.524. The van der Waals surface area contributed by atoms with E-state index >= 15 is 0 Å². The van der Waals surface area contributed by atoms with E-state index in [2.05, 4.69) is 13.2 Å². The van der Waals surface area contributed by atoms with Crippen LogP contribution in [0.1, 0.15) is 12.5 Å². The Kier molecular flexibility index (Phi) is 6.18. The second-order valence-corrected chi connectivity index (χ2v) is 4.64. The van der Waals surface area contributed by atoms with Crippen molar-refractivity contribution in [3.63, 3.8) is 0 Å². The van der Waals surface area contributed by atoms with Gasteiger partial charge in [-0.15, -0.1) is 0 Å². The van der Waals surface area contributed by atoms with Crippen molar-refractivity contribution >= 4 is 5.57 Å². The Bertz CT molecular complexity index is 492. The van der Waals surface area contributed by atoms with Crippen LogP contribution >= 0.6 is 0 Å². The van der Waals surface area contributed by atoms with Gasteiger partial charge in [0.25, 0.3) is 0 Å². The third-order valence-corrected chi connectivity index (χ3v) is 2.89. The molecule has 0 aliphatic heterocycles. The maximum absolute atomic E-state index is 8.95. The van der Waals surface area contributed by atoms with Crippen LogP contribution in [0.15, 0.2) is 60.8 Å². The number of hydrogen-bond donors (Lipinski definition) is 3. The highest BCUT2D eigenvalue weighted by atomic mass is 16.6. The van der Waals surface area contributed by atoms with Crippen LogP contribution in [0.3, 0.4) is 0 Å². The zero-order valence-electron chi connectivity index (χ0n) is 11.8. The average molecular weight is 274 g/mol. The molecule has 0 radical (unpaired) electrons. The van der Waals surface area contributed by atoms with E-state index in [-0.39, 0.29) is 12.5 Å². The van der Waals surface area contributed by atoms with E-state index in [0.717, 1.165) is 16.7 Å². The molecule has 0 aliphatic rings. The van der Waals surface area contributed by atoms with Gasteiger partial charge in [0.05, 0.1) is 6.61 Å². The van der Waals surface area contributed by atoms with Crippen LogP contribution in [0.5, 0.6) is 0 Å². The van der Waals surface area contributed by atoms with E-state index in [1.54, 1.807) is 0 Å². The van der Waals surface area contributed by atoms with Gasteiger partial charge >= 0.3 is 0 Å². The molecule has 0 heterocycles. The molecular formula is C16H22N2O2. The van der Waals surface area contributed by atoms with Gasteiger partial charge in [-0.1, -0.05) is 50.4 Å². The first-order valence-electron chi connectivity index (χ1n) is 6.37. The van der Waals surface area contributed by atoms with Crippen molar-refractivity contribution in [2.24, 2.45) is 17.4 Å². The Morgan fingerprint density at radius 1 is 1.35 bits per heavy atom. The molecule has 0 saturated heterocycles. The fourth-order valence-corrected chi connectivity index (χ4v) is 1.81. The van der Waals surface area contributed by atoms with E-state index in [0.29, 0.717) is 5.70 Å². The third-order valence-electron chi connectivity index (χ3n) is 2.89. The van der Waals surface area contributed by atoms with Crippen LogP contribution < -0.4 is 11.5 Å². The van der Waals surface area contributed by atoms with E-state index in [1.165, 1.54) is 0 Å². The maximum Gasteiger partial charge on any atom is 0.210 e. The Morgan fingerprint density at radius 2 is 1.95 bits per heavy atom. The van der Waals surface area contributed by atoms with Crippen LogP contribution in [0.25, 0.3) is 5.57 Å². The molecule has 108 valence electrons. The zero-order valence-corrected chi connectivity index (χ0v) is 11.8. The Labute approximate surface area is 120 Å². The van der Waals surface area contributed by atoms with Crippen molar-refractivity contribution in [1.29, 1.82) is 0 Å². The third kappa shape index (κ3) is 5.01. The number of hydrogen-bond acceptors (Lipinski definition) is 4. The highest BCUT2D eigenvalue weighted by molar-refractivity contribution is 5.73. The molecule has 0 aromatic heterocycles. The molecule has 20 heavy (non-hydrogen) atoms. The van der Waals surface area contributed by atoms with E-state index in [1.807, 2.05) is 43.3 Å². The molecule has 5 N–H and O–H groups in total. The highest BCUT2D eigenvalue weighted by Crippen LogP contribution is 2.22. The van der Waals surface area contributed by atoms with Gasteiger partial charge in [-0.3, -0.25) is 5.73 Å². The lowest BCUT2D eigenvalue weighted by Crippen LogP contribution is -2.26. The Balaban J connectivity index is 2.87. The van der Waals surface area contributed by atoms with Gasteiger partial charge in [-0.2, -0.15) is 0 Å².